The third-order valence-electron chi connectivity index (χ3n) is 6.44. The minimum atomic E-state index is -0.569. The monoisotopic (exact) mass is 434 g/mol. The molecule has 0 heteroatoms. The van der Waals surface area contributed by atoms with Crippen LogP contribution in [0.25, 0.3) is 16.7 Å². The highest BCUT2D eigenvalue weighted by Gasteiger charge is 2.34. The average molecular weight is 435 g/mol. The quantitative estimate of drug-likeness (QED) is 0.219. The van der Waals surface area contributed by atoms with Gasteiger partial charge in [0.15, 0.2) is 0 Å². The van der Waals surface area contributed by atoms with Crippen molar-refractivity contribution >= 4 is 16.7 Å². The number of hydrogen-bond donors (Lipinski definition) is 0. The van der Waals surface area contributed by atoms with Gasteiger partial charge in [-0.1, -0.05) is 145 Å². The van der Waals surface area contributed by atoms with E-state index in [4.69, 9.17) is 6.42 Å². The zero-order valence-corrected chi connectivity index (χ0v) is 19.1. The molecule has 4 aromatic rings. The third-order valence-corrected chi connectivity index (χ3v) is 6.44. The molecule has 0 radical (unpaired) electrons. The van der Waals surface area contributed by atoms with Gasteiger partial charge in [-0.3, -0.25) is 0 Å². The molecular weight excluding hydrogens is 408 g/mol. The van der Waals surface area contributed by atoms with E-state index in [0.29, 0.717) is 0 Å². The average Bonchev–Trinajstić information content (AvgIpc) is 2.94. The number of benzene rings is 4. The molecule has 0 saturated heterocycles. The van der Waals surface area contributed by atoms with Crippen LogP contribution in [0.1, 0.15) is 28.7 Å². The van der Waals surface area contributed by atoms with Crippen LogP contribution in [0.4, 0.5) is 0 Å². The minimum Gasteiger partial charge on any atom is -0.119 e. The number of hydrogen-bond acceptors (Lipinski definition) is 0. The van der Waals surface area contributed by atoms with Gasteiger partial charge < -0.3 is 0 Å². The van der Waals surface area contributed by atoms with Crippen molar-refractivity contribution in [3.63, 3.8) is 0 Å². The highest BCUT2D eigenvalue weighted by Crippen LogP contribution is 2.48. The van der Waals surface area contributed by atoms with Crippen molar-refractivity contribution in [2.24, 2.45) is 5.41 Å². The van der Waals surface area contributed by atoms with Crippen LogP contribution in [-0.2, 0) is 0 Å². The van der Waals surface area contributed by atoms with Crippen molar-refractivity contribution in [2.75, 3.05) is 0 Å². The Morgan fingerprint density at radius 3 is 1.53 bits per heavy atom. The van der Waals surface area contributed by atoms with Crippen LogP contribution in [-0.4, -0.2) is 0 Å². The van der Waals surface area contributed by atoms with Gasteiger partial charge in [0, 0.05) is 0 Å². The summed E-state index contributed by atoms with van der Waals surface area (Å²) >= 11 is 0. The summed E-state index contributed by atoms with van der Waals surface area (Å²) in [7, 11) is 0. The lowest BCUT2D eigenvalue weighted by atomic mass is 9.68. The molecule has 0 aliphatic heterocycles. The smallest absolute Gasteiger partial charge is 0.0789 e. The minimum absolute atomic E-state index is 0.569. The molecule has 0 saturated carbocycles. The zero-order valence-electron chi connectivity index (χ0n) is 19.1. The fourth-order valence-electron chi connectivity index (χ4n) is 4.74. The van der Waals surface area contributed by atoms with Gasteiger partial charge in [-0.05, 0) is 45.4 Å². The highest BCUT2D eigenvalue weighted by molar-refractivity contribution is 6.02. The summed E-state index contributed by atoms with van der Waals surface area (Å²) in [4.78, 5) is 0. The first-order chi connectivity index (χ1) is 16.8. The molecule has 1 aliphatic rings. The maximum absolute atomic E-state index is 6.39. The molecule has 0 amide bonds. The summed E-state index contributed by atoms with van der Waals surface area (Å²) in [5.41, 5.74) is 7.65. The number of rotatable bonds is 5. The predicted molar refractivity (Wildman–Crippen MR) is 145 cm³/mol. The lowest BCUT2D eigenvalue weighted by molar-refractivity contribution is 0.688. The number of allylic oxidation sites excluding steroid dienone is 5. The molecule has 162 valence electrons. The second kappa shape index (κ2) is 9.65. The maximum Gasteiger partial charge on any atom is 0.0789 e. The fraction of sp³-hybridized carbons (Fsp3) is 0.0588. The highest BCUT2D eigenvalue weighted by atomic mass is 14.4. The molecule has 0 N–H and O–H groups in total. The Morgan fingerprint density at radius 2 is 1.09 bits per heavy atom. The van der Waals surface area contributed by atoms with E-state index in [9.17, 15) is 0 Å². The topological polar surface area (TPSA) is 0 Å². The maximum atomic E-state index is 6.39. The third kappa shape index (κ3) is 4.17. The van der Waals surface area contributed by atoms with Crippen LogP contribution in [0.2, 0.25) is 0 Å². The van der Waals surface area contributed by atoms with E-state index in [-0.39, 0.29) is 0 Å². The Bertz CT molecular complexity index is 1340. The second-order valence-corrected chi connectivity index (χ2v) is 8.53. The molecule has 0 fully saturated rings. The van der Waals surface area contributed by atoms with E-state index < -0.39 is 5.41 Å². The van der Waals surface area contributed by atoms with Crippen LogP contribution in [0, 0.1) is 17.8 Å². The van der Waals surface area contributed by atoms with Gasteiger partial charge in [-0.2, -0.15) is 0 Å². The zero-order chi connectivity index (χ0) is 23.2. The Hall–Kier alpha value is -4.34. The van der Waals surface area contributed by atoms with Gasteiger partial charge in [-0.25, -0.2) is 0 Å². The van der Waals surface area contributed by atoms with Gasteiger partial charge in [0.1, 0.15) is 0 Å². The van der Waals surface area contributed by atoms with E-state index >= 15 is 0 Å². The summed E-state index contributed by atoms with van der Waals surface area (Å²) in [6.45, 7) is 0. The lowest BCUT2D eigenvalue weighted by Crippen LogP contribution is -2.21. The van der Waals surface area contributed by atoms with Crippen LogP contribution in [0.5, 0.6) is 0 Å². The summed E-state index contributed by atoms with van der Waals surface area (Å²) in [6, 6.07) is 42.2. The molecule has 0 aromatic heterocycles. The molecule has 0 nitrogen and oxygen atoms in total. The van der Waals surface area contributed by atoms with Gasteiger partial charge in [0.05, 0.1) is 5.41 Å². The van der Waals surface area contributed by atoms with Crippen molar-refractivity contribution in [3.8, 4) is 12.3 Å². The van der Waals surface area contributed by atoms with E-state index in [2.05, 4.69) is 139 Å². The van der Waals surface area contributed by atoms with Crippen LogP contribution in [0.3, 0.4) is 0 Å². The van der Waals surface area contributed by atoms with E-state index in [1.165, 1.54) is 16.7 Å². The molecule has 0 bridgehead atoms. The second-order valence-electron chi connectivity index (χ2n) is 8.53. The van der Waals surface area contributed by atoms with E-state index in [1.807, 2.05) is 6.07 Å². The van der Waals surface area contributed by atoms with Gasteiger partial charge >= 0.3 is 0 Å². The standard InChI is InChI=1S/C34H26/c1-2-34(25-23-28(24-26-34)27-15-7-3-8-16-27)33(31-21-13-6-14-22-31)32(29-17-9-4-10-18-29)30-19-11-5-12-20-30/h1,3-25H,26H2. The normalized spacial score (nSPS) is 16.9. The van der Waals surface area contributed by atoms with E-state index in [1.54, 1.807) is 0 Å². The van der Waals surface area contributed by atoms with Crippen LogP contribution >= 0.6 is 0 Å². The molecule has 0 heterocycles. The number of terminal acetylenes is 1. The molecular formula is C34H26. The van der Waals surface area contributed by atoms with Crippen LogP contribution in [0.15, 0.2) is 140 Å². The van der Waals surface area contributed by atoms with Crippen molar-refractivity contribution < 1.29 is 0 Å². The van der Waals surface area contributed by atoms with Crippen molar-refractivity contribution in [2.45, 2.75) is 6.42 Å². The summed E-state index contributed by atoms with van der Waals surface area (Å²) < 4.78 is 0. The first-order valence-corrected chi connectivity index (χ1v) is 11.6. The largest absolute Gasteiger partial charge is 0.119 e. The van der Waals surface area contributed by atoms with Gasteiger partial charge in [-0.15, -0.1) is 6.42 Å². The first-order valence-electron chi connectivity index (χ1n) is 11.6. The molecule has 1 unspecified atom stereocenters. The van der Waals surface area contributed by atoms with Gasteiger partial charge in [0.2, 0.25) is 0 Å². The first kappa shape index (κ1) is 21.5. The summed E-state index contributed by atoms with van der Waals surface area (Å²) in [5, 5.41) is 0. The molecule has 1 atom stereocenters. The summed E-state index contributed by atoms with van der Waals surface area (Å²) in [6.07, 6.45) is 13.8. The molecule has 34 heavy (non-hydrogen) atoms. The van der Waals surface area contributed by atoms with Crippen molar-refractivity contribution in [3.05, 3.63) is 162 Å². The SMILES string of the molecule is C#CC1(C(=C(c2ccccc2)c2ccccc2)c2ccccc2)C=CC(c2ccccc2)=CC1. The summed E-state index contributed by atoms with van der Waals surface area (Å²) in [5.74, 6) is 3.22. The molecule has 0 spiro atoms. The predicted octanol–water partition coefficient (Wildman–Crippen LogP) is 8.31. The Kier molecular flexibility index (Phi) is 6.11. The lowest BCUT2D eigenvalue weighted by Gasteiger charge is -2.33. The molecule has 5 rings (SSSR count). The van der Waals surface area contributed by atoms with Gasteiger partial charge in [0.25, 0.3) is 0 Å². The Labute approximate surface area is 202 Å². The van der Waals surface area contributed by atoms with Crippen LogP contribution < -0.4 is 0 Å². The molecule has 4 aromatic carbocycles. The molecule has 1 aliphatic carbocycles. The van der Waals surface area contributed by atoms with Crippen molar-refractivity contribution in [1.82, 2.24) is 0 Å². The van der Waals surface area contributed by atoms with E-state index in [0.717, 1.165) is 28.7 Å². The fourth-order valence-corrected chi connectivity index (χ4v) is 4.74. The Morgan fingerprint density at radius 1 is 0.618 bits per heavy atom. The Balaban J connectivity index is 1.76. The van der Waals surface area contributed by atoms with Crippen molar-refractivity contribution in [1.29, 1.82) is 0 Å².